The van der Waals surface area contributed by atoms with Crippen LogP contribution in [0.1, 0.15) is 26.2 Å². The van der Waals surface area contributed by atoms with Crippen molar-refractivity contribution in [3.63, 3.8) is 0 Å². The van der Waals surface area contributed by atoms with Gasteiger partial charge in [-0.1, -0.05) is 6.92 Å². The first-order valence-corrected chi connectivity index (χ1v) is 4.48. The molecule has 0 spiro atoms. The SMILES string of the molecule is CNCCCC1(C)CC1CO. The molecule has 1 fully saturated rings. The number of hydrogen-bond acceptors (Lipinski definition) is 2. The molecule has 1 saturated carbocycles. The second kappa shape index (κ2) is 3.55. The maximum atomic E-state index is 8.88. The number of aliphatic hydroxyl groups excluding tert-OH is 1. The van der Waals surface area contributed by atoms with Crippen LogP contribution in [0, 0.1) is 11.3 Å². The van der Waals surface area contributed by atoms with Crippen molar-refractivity contribution in [2.45, 2.75) is 26.2 Å². The van der Waals surface area contributed by atoms with Gasteiger partial charge in [0.25, 0.3) is 0 Å². The first-order chi connectivity index (χ1) is 5.23. The Morgan fingerprint density at radius 3 is 2.82 bits per heavy atom. The molecule has 2 atom stereocenters. The van der Waals surface area contributed by atoms with Crippen LogP contribution in [-0.4, -0.2) is 25.3 Å². The Morgan fingerprint density at radius 2 is 2.36 bits per heavy atom. The Hall–Kier alpha value is -0.0800. The maximum absolute atomic E-state index is 8.88. The van der Waals surface area contributed by atoms with Gasteiger partial charge in [-0.25, -0.2) is 0 Å². The average Bonchev–Trinajstić information content (AvgIpc) is 2.63. The van der Waals surface area contributed by atoms with Crippen molar-refractivity contribution >= 4 is 0 Å². The topological polar surface area (TPSA) is 32.3 Å². The van der Waals surface area contributed by atoms with Crippen LogP contribution < -0.4 is 5.32 Å². The minimum Gasteiger partial charge on any atom is -0.396 e. The van der Waals surface area contributed by atoms with Crippen LogP contribution in [0.25, 0.3) is 0 Å². The van der Waals surface area contributed by atoms with Crippen molar-refractivity contribution in [3.05, 3.63) is 0 Å². The van der Waals surface area contributed by atoms with Gasteiger partial charge in [0.1, 0.15) is 0 Å². The van der Waals surface area contributed by atoms with Gasteiger partial charge in [0.05, 0.1) is 0 Å². The molecule has 0 heterocycles. The molecule has 2 nitrogen and oxygen atoms in total. The highest BCUT2D eigenvalue weighted by Gasteiger charge is 2.48. The van der Waals surface area contributed by atoms with Gasteiger partial charge < -0.3 is 10.4 Å². The smallest absolute Gasteiger partial charge is 0.0464 e. The van der Waals surface area contributed by atoms with Gasteiger partial charge >= 0.3 is 0 Å². The summed E-state index contributed by atoms with van der Waals surface area (Å²) in [5.41, 5.74) is 0.478. The predicted octanol–water partition coefficient (Wildman–Crippen LogP) is 1.00. The van der Waals surface area contributed by atoms with E-state index in [4.69, 9.17) is 5.11 Å². The Labute approximate surface area is 69.0 Å². The van der Waals surface area contributed by atoms with Crippen LogP contribution in [0.2, 0.25) is 0 Å². The van der Waals surface area contributed by atoms with E-state index in [0.29, 0.717) is 17.9 Å². The van der Waals surface area contributed by atoms with E-state index < -0.39 is 0 Å². The Morgan fingerprint density at radius 1 is 1.64 bits per heavy atom. The monoisotopic (exact) mass is 157 g/mol. The van der Waals surface area contributed by atoms with Gasteiger partial charge in [0.2, 0.25) is 0 Å². The second-order valence-corrected chi connectivity index (χ2v) is 3.94. The number of nitrogens with one attached hydrogen (secondary N) is 1. The summed E-state index contributed by atoms with van der Waals surface area (Å²) in [6, 6.07) is 0. The summed E-state index contributed by atoms with van der Waals surface area (Å²) in [4.78, 5) is 0. The summed E-state index contributed by atoms with van der Waals surface area (Å²) >= 11 is 0. The second-order valence-electron chi connectivity index (χ2n) is 3.94. The van der Waals surface area contributed by atoms with E-state index in [1.807, 2.05) is 7.05 Å². The van der Waals surface area contributed by atoms with E-state index in [2.05, 4.69) is 12.2 Å². The molecule has 2 N–H and O–H groups in total. The zero-order valence-corrected chi connectivity index (χ0v) is 7.56. The van der Waals surface area contributed by atoms with Crippen molar-refractivity contribution in [1.82, 2.24) is 5.32 Å². The summed E-state index contributed by atoms with van der Waals surface area (Å²) in [6.45, 7) is 3.77. The van der Waals surface area contributed by atoms with E-state index in [-0.39, 0.29) is 0 Å². The maximum Gasteiger partial charge on any atom is 0.0464 e. The van der Waals surface area contributed by atoms with Gasteiger partial charge in [-0.2, -0.15) is 0 Å². The van der Waals surface area contributed by atoms with Crippen molar-refractivity contribution in [1.29, 1.82) is 0 Å². The van der Waals surface area contributed by atoms with Crippen LogP contribution in [-0.2, 0) is 0 Å². The van der Waals surface area contributed by atoms with E-state index in [9.17, 15) is 0 Å². The molecule has 0 bridgehead atoms. The van der Waals surface area contributed by atoms with Gasteiger partial charge in [-0.3, -0.25) is 0 Å². The third-order valence-electron chi connectivity index (χ3n) is 2.93. The van der Waals surface area contributed by atoms with Crippen molar-refractivity contribution in [2.24, 2.45) is 11.3 Å². The van der Waals surface area contributed by atoms with E-state index >= 15 is 0 Å². The molecule has 11 heavy (non-hydrogen) atoms. The van der Waals surface area contributed by atoms with Crippen LogP contribution in [0.5, 0.6) is 0 Å². The zero-order chi connectivity index (χ0) is 8.32. The first-order valence-electron chi connectivity index (χ1n) is 4.48. The molecule has 0 amide bonds. The number of aliphatic hydroxyl groups is 1. The summed E-state index contributed by atoms with van der Waals surface area (Å²) in [5.74, 6) is 0.597. The molecule has 1 rings (SSSR count). The molecule has 0 aliphatic heterocycles. The molecule has 1 aliphatic carbocycles. The highest BCUT2D eigenvalue weighted by atomic mass is 16.3. The van der Waals surface area contributed by atoms with Crippen molar-refractivity contribution in [3.8, 4) is 0 Å². The molecule has 1 aliphatic rings. The Bertz CT molecular complexity index is 127. The number of rotatable bonds is 5. The fourth-order valence-corrected chi connectivity index (χ4v) is 1.76. The van der Waals surface area contributed by atoms with Gasteiger partial charge in [0, 0.05) is 6.61 Å². The molecule has 0 aromatic rings. The highest BCUT2D eigenvalue weighted by molar-refractivity contribution is 4.97. The molecule has 0 radical (unpaired) electrons. The molecule has 0 saturated heterocycles. The van der Waals surface area contributed by atoms with Gasteiger partial charge in [-0.05, 0) is 44.2 Å². The van der Waals surface area contributed by atoms with Crippen molar-refractivity contribution in [2.75, 3.05) is 20.2 Å². The average molecular weight is 157 g/mol. The minimum absolute atomic E-state index is 0.385. The van der Waals surface area contributed by atoms with Crippen LogP contribution >= 0.6 is 0 Å². The molecule has 0 aromatic heterocycles. The fourth-order valence-electron chi connectivity index (χ4n) is 1.76. The summed E-state index contributed by atoms with van der Waals surface area (Å²) in [6.07, 6.45) is 3.73. The lowest BCUT2D eigenvalue weighted by Gasteiger charge is -2.08. The lowest BCUT2D eigenvalue weighted by Crippen LogP contribution is -2.10. The van der Waals surface area contributed by atoms with Crippen molar-refractivity contribution < 1.29 is 5.11 Å². The zero-order valence-electron chi connectivity index (χ0n) is 7.56. The summed E-state index contributed by atoms with van der Waals surface area (Å²) in [7, 11) is 1.98. The van der Waals surface area contributed by atoms with E-state index in [1.165, 1.54) is 19.3 Å². The Kier molecular flexibility index (Phi) is 2.90. The minimum atomic E-state index is 0.385. The van der Waals surface area contributed by atoms with E-state index in [0.717, 1.165) is 6.54 Å². The van der Waals surface area contributed by atoms with Gasteiger partial charge in [0.15, 0.2) is 0 Å². The van der Waals surface area contributed by atoms with Crippen LogP contribution in [0.3, 0.4) is 0 Å². The normalized spacial score (nSPS) is 35.7. The molecule has 2 unspecified atom stereocenters. The fraction of sp³-hybridized carbons (Fsp3) is 1.00. The molecule has 2 heteroatoms. The summed E-state index contributed by atoms with van der Waals surface area (Å²) < 4.78 is 0. The third kappa shape index (κ3) is 2.17. The van der Waals surface area contributed by atoms with Crippen LogP contribution in [0.15, 0.2) is 0 Å². The van der Waals surface area contributed by atoms with E-state index in [1.54, 1.807) is 0 Å². The lowest BCUT2D eigenvalue weighted by molar-refractivity contribution is 0.248. The molecular formula is C9H19NO. The largest absolute Gasteiger partial charge is 0.396 e. The standard InChI is InChI=1S/C9H19NO/c1-9(4-3-5-10-2)6-8(9)7-11/h8,10-11H,3-7H2,1-2H3. The highest BCUT2D eigenvalue weighted by Crippen LogP contribution is 2.54. The third-order valence-corrected chi connectivity index (χ3v) is 2.93. The number of hydrogen-bond donors (Lipinski definition) is 2. The molecular weight excluding hydrogens is 138 g/mol. The van der Waals surface area contributed by atoms with Gasteiger partial charge in [-0.15, -0.1) is 0 Å². The lowest BCUT2D eigenvalue weighted by atomic mass is 10.00. The molecule has 0 aromatic carbocycles. The predicted molar refractivity (Wildman–Crippen MR) is 46.5 cm³/mol. The first kappa shape index (κ1) is 9.01. The van der Waals surface area contributed by atoms with Crippen LogP contribution in [0.4, 0.5) is 0 Å². The Balaban J connectivity index is 2.08. The molecule has 66 valence electrons. The quantitative estimate of drug-likeness (QED) is 0.584. The summed E-state index contributed by atoms with van der Waals surface area (Å²) in [5, 5.41) is 12.0.